The van der Waals surface area contributed by atoms with Gasteiger partial charge in [0.1, 0.15) is 0 Å². The second kappa shape index (κ2) is 7.50. The van der Waals surface area contributed by atoms with Gasteiger partial charge in [-0.1, -0.05) is 12.8 Å². The van der Waals surface area contributed by atoms with E-state index in [9.17, 15) is 0 Å². The predicted molar refractivity (Wildman–Crippen MR) is 70.7 cm³/mol. The first-order valence-corrected chi connectivity index (χ1v) is 6.50. The van der Waals surface area contributed by atoms with E-state index >= 15 is 0 Å². The molecule has 0 radical (unpaired) electrons. The average molecular weight is 242 g/mol. The fourth-order valence-corrected chi connectivity index (χ4v) is 1.98. The van der Waals surface area contributed by atoms with E-state index in [0.717, 1.165) is 12.5 Å². The molecule has 0 spiro atoms. The Labute approximate surface area is 104 Å². The van der Waals surface area contributed by atoms with Crippen molar-refractivity contribution in [3.63, 3.8) is 0 Å². The Morgan fingerprint density at radius 3 is 2.65 bits per heavy atom. The van der Waals surface area contributed by atoms with E-state index in [1.807, 2.05) is 25.8 Å². The minimum Gasteiger partial charge on any atom is -0.377 e. The number of ether oxygens (including phenoxy) is 1. The molecule has 0 aliphatic heterocycles. The Morgan fingerprint density at radius 1 is 1.47 bits per heavy atom. The fraction of sp³-hybridized carbons (Fsp3) is 0.917. The third-order valence-corrected chi connectivity index (χ3v) is 3.00. The van der Waals surface area contributed by atoms with Gasteiger partial charge in [-0.25, -0.2) is 10.8 Å². The van der Waals surface area contributed by atoms with Gasteiger partial charge in [0, 0.05) is 13.6 Å². The van der Waals surface area contributed by atoms with Crippen LogP contribution in [-0.4, -0.2) is 43.2 Å². The number of aliphatic imine (C=N–C) groups is 1. The van der Waals surface area contributed by atoms with Gasteiger partial charge in [0.25, 0.3) is 0 Å². The molecule has 17 heavy (non-hydrogen) atoms. The summed E-state index contributed by atoms with van der Waals surface area (Å²) < 4.78 is 5.51. The first-order valence-electron chi connectivity index (χ1n) is 6.50. The maximum atomic E-state index is 5.52. The van der Waals surface area contributed by atoms with Crippen molar-refractivity contribution in [1.29, 1.82) is 0 Å². The maximum Gasteiger partial charge on any atom is 0.208 e. The molecule has 0 atom stereocenters. The molecular formula is C12H26N4O. The second-order valence-electron chi connectivity index (χ2n) is 4.88. The molecule has 0 bridgehead atoms. The van der Waals surface area contributed by atoms with Gasteiger partial charge in [-0.2, -0.15) is 0 Å². The molecule has 100 valence electrons. The molecule has 5 heteroatoms. The van der Waals surface area contributed by atoms with Crippen molar-refractivity contribution >= 4 is 5.96 Å². The molecular weight excluding hydrogens is 216 g/mol. The highest BCUT2D eigenvalue weighted by molar-refractivity contribution is 5.79. The molecule has 0 saturated heterocycles. The number of hydrogen-bond donors (Lipinski definition) is 2. The lowest BCUT2D eigenvalue weighted by molar-refractivity contribution is 0.0720. The van der Waals surface area contributed by atoms with Crippen LogP contribution in [0.3, 0.4) is 0 Å². The minimum absolute atomic E-state index is 0.268. The van der Waals surface area contributed by atoms with Crippen LogP contribution in [-0.2, 0) is 4.74 Å². The standard InChI is InChI=1S/C12H26N4O/c1-10(2)17-9-8-16(3)12(15-13)14-11-6-4-5-7-11/h10-11H,4-9,13H2,1-3H3,(H,14,15). The fourth-order valence-electron chi connectivity index (χ4n) is 1.98. The molecule has 0 heterocycles. The van der Waals surface area contributed by atoms with Gasteiger partial charge in [0.2, 0.25) is 5.96 Å². The highest BCUT2D eigenvalue weighted by atomic mass is 16.5. The van der Waals surface area contributed by atoms with Crippen LogP contribution in [0.2, 0.25) is 0 Å². The molecule has 1 aliphatic rings. The van der Waals surface area contributed by atoms with Crippen LogP contribution in [0.15, 0.2) is 4.99 Å². The third-order valence-electron chi connectivity index (χ3n) is 3.00. The number of nitrogens with one attached hydrogen (secondary N) is 1. The van der Waals surface area contributed by atoms with E-state index in [0.29, 0.717) is 12.6 Å². The zero-order valence-electron chi connectivity index (χ0n) is 11.3. The van der Waals surface area contributed by atoms with Crippen LogP contribution in [0.1, 0.15) is 39.5 Å². The summed E-state index contributed by atoms with van der Waals surface area (Å²) in [5.41, 5.74) is 2.69. The Balaban J connectivity index is 2.37. The summed E-state index contributed by atoms with van der Waals surface area (Å²) in [6, 6.07) is 0.439. The molecule has 1 aliphatic carbocycles. The summed E-state index contributed by atoms with van der Waals surface area (Å²) in [5.74, 6) is 6.29. The number of guanidine groups is 1. The Hall–Kier alpha value is -0.810. The summed E-state index contributed by atoms with van der Waals surface area (Å²) in [7, 11) is 1.98. The van der Waals surface area contributed by atoms with E-state index in [4.69, 9.17) is 10.6 Å². The van der Waals surface area contributed by atoms with Crippen molar-refractivity contribution in [2.24, 2.45) is 10.8 Å². The zero-order chi connectivity index (χ0) is 12.7. The molecule has 0 unspecified atom stereocenters. The monoisotopic (exact) mass is 242 g/mol. The van der Waals surface area contributed by atoms with Crippen molar-refractivity contribution in [2.45, 2.75) is 51.7 Å². The van der Waals surface area contributed by atoms with E-state index in [-0.39, 0.29) is 6.10 Å². The van der Waals surface area contributed by atoms with Gasteiger partial charge in [-0.15, -0.1) is 0 Å². The molecule has 3 N–H and O–H groups in total. The summed E-state index contributed by atoms with van der Waals surface area (Å²) in [4.78, 5) is 6.66. The minimum atomic E-state index is 0.268. The summed E-state index contributed by atoms with van der Waals surface area (Å²) >= 11 is 0. The molecule has 0 aromatic heterocycles. The van der Waals surface area contributed by atoms with Gasteiger partial charge < -0.3 is 9.64 Å². The zero-order valence-corrected chi connectivity index (χ0v) is 11.3. The highest BCUT2D eigenvalue weighted by Crippen LogP contribution is 2.20. The summed E-state index contributed by atoms with van der Waals surface area (Å²) in [6.07, 6.45) is 5.20. The smallest absolute Gasteiger partial charge is 0.208 e. The quantitative estimate of drug-likeness (QED) is 0.328. The average Bonchev–Trinajstić information content (AvgIpc) is 2.77. The van der Waals surface area contributed by atoms with Crippen LogP contribution in [0.5, 0.6) is 0 Å². The first-order chi connectivity index (χ1) is 8.13. The van der Waals surface area contributed by atoms with Gasteiger partial charge in [-0.3, -0.25) is 5.43 Å². The predicted octanol–water partition coefficient (Wildman–Crippen LogP) is 1.11. The molecule has 1 rings (SSSR count). The molecule has 1 fully saturated rings. The lowest BCUT2D eigenvalue weighted by Crippen LogP contribution is -2.44. The van der Waals surface area contributed by atoms with Gasteiger partial charge in [-0.05, 0) is 26.7 Å². The normalized spacial score (nSPS) is 17.8. The number of hydrogen-bond acceptors (Lipinski definition) is 3. The molecule has 0 amide bonds. The summed E-state index contributed by atoms with van der Waals surface area (Å²) in [6.45, 7) is 5.57. The van der Waals surface area contributed by atoms with E-state index in [2.05, 4.69) is 10.4 Å². The van der Waals surface area contributed by atoms with E-state index in [1.165, 1.54) is 25.7 Å². The molecule has 0 aromatic rings. The van der Waals surface area contributed by atoms with Gasteiger partial charge in [0.05, 0.1) is 18.8 Å². The number of nitrogens with two attached hydrogens (primary N) is 1. The van der Waals surface area contributed by atoms with Crippen molar-refractivity contribution in [3.8, 4) is 0 Å². The van der Waals surface area contributed by atoms with Crippen molar-refractivity contribution in [1.82, 2.24) is 10.3 Å². The number of nitrogens with zero attached hydrogens (tertiary/aromatic N) is 2. The Bertz CT molecular complexity index is 237. The van der Waals surface area contributed by atoms with Crippen molar-refractivity contribution in [2.75, 3.05) is 20.2 Å². The summed E-state index contributed by atoms with van der Waals surface area (Å²) in [5, 5.41) is 0. The van der Waals surface area contributed by atoms with Gasteiger partial charge in [0.15, 0.2) is 0 Å². The maximum absolute atomic E-state index is 5.52. The van der Waals surface area contributed by atoms with Gasteiger partial charge >= 0.3 is 0 Å². The largest absolute Gasteiger partial charge is 0.377 e. The van der Waals surface area contributed by atoms with Crippen LogP contribution in [0.4, 0.5) is 0 Å². The Morgan fingerprint density at radius 2 is 2.12 bits per heavy atom. The first kappa shape index (κ1) is 14.3. The number of likely N-dealkylation sites (N-methyl/N-ethyl adjacent to an activating group) is 1. The molecule has 1 saturated carbocycles. The van der Waals surface area contributed by atoms with Crippen LogP contribution in [0.25, 0.3) is 0 Å². The number of rotatable bonds is 5. The molecule has 0 aromatic carbocycles. The van der Waals surface area contributed by atoms with Crippen LogP contribution in [0, 0.1) is 0 Å². The van der Waals surface area contributed by atoms with E-state index < -0.39 is 0 Å². The topological polar surface area (TPSA) is 62.9 Å². The molecule has 5 nitrogen and oxygen atoms in total. The lowest BCUT2D eigenvalue weighted by Gasteiger charge is -2.22. The van der Waals surface area contributed by atoms with Crippen molar-refractivity contribution < 1.29 is 4.74 Å². The van der Waals surface area contributed by atoms with E-state index in [1.54, 1.807) is 0 Å². The highest BCUT2D eigenvalue weighted by Gasteiger charge is 2.15. The third kappa shape index (κ3) is 5.37. The Kier molecular flexibility index (Phi) is 6.29. The van der Waals surface area contributed by atoms with Crippen molar-refractivity contribution in [3.05, 3.63) is 0 Å². The second-order valence-corrected chi connectivity index (χ2v) is 4.88. The number of hydrazine groups is 1. The lowest BCUT2D eigenvalue weighted by atomic mass is 10.3. The van der Waals surface area contributed by atoms with Crippen LogP contribution < -0.4 is 11.3 Å². The SMILES string of the molecule is CC(C)OCCN(C)C(=NC1CCCC1)NN. The van der Waals surface area contributed by atoms with Crippen LogP contribution >= 0.6 is 0 Å².